The van der Waals surface area contributed by atoms with Crippen molar-refractivity contribution in [2.45, 2.75) is 12.7 Å². The Morgan fingerprint density at radius 2 is 2.27 bits per heavy atom. The van der Waals surface area contributed by atoms with Crippen LogP contribution in [0.1, 0.15) is 11.3 Å². The Balaban J connectivity index is 3.02. The smallest absolute Gasteiger partial charge is 0.213 e. The van der Waals surface area contributed by atoms with E-state index in [1.165, 1.54) is 0 Å². The van der Waals surface area contributed by atoms with Gasteiger partial charge in [0.05, 0.1) is 7.11 Å². The zero-order chi connectivity index (χ0) is 8.27. The number of pyridine rings is 1. The van der Waals surface area contributed by atoms with Crippen molar-refractivity contribution in [3.05, 3.63) is 23.4 Å². The van der Waals surface area contributed by atoms with E-state index in [1.807, 2.05) is 19.1 Å². The minimum absolute atomic E-state index is 0.661. The molecule has 0 bridgehead atoms. The Bertz CT molecular complexity index is 228. The van der Waals surface area contributed by atoms with E-state index in [1.54, 1.807) is 7.11 Å². The first-order valence-corrected chi connectivity index (χ1v) is 4.02. The average Bonchev–Trinajstić information content (AvgIpc) is 2.03. The highest BCUT2D eigenvalue weighted by atomic mass is 32.1. The van der Waals surface area contributed by atoms with Crippen molar-refractivity contribution >= 4 is 12.6 Å². The quantitative estimate of drug-likeness (QED) is 0.682. The molecule has 0 unspecified atom stereocenters. The molecule has 3 heteroatoms. The highest BCUT2D eigenvalue weighted by Crippen LogP contribution is 2.12. The maximum atomic E-state index is 4.99. The molecule has 1 aromatic heterocycles. The van der Waals surface area contributed by atoms with Crippen LogP contribution in [0.3, 0.4) is 0 Å². The third kappa shape index (κ3) is 2.12. The van der Waals surface area contributed by atoms with Crippen LogP contribution in [0.2, 0.25) is 0 Å². The number of ether oxygens (including phenoxy) is 1. The lowest BCUT2D eigenvalue weighted by Crippen LogP contribution is -1.91. The van der Waals surface area contributed by atoms with E-state index in [9.17, 15) is 0 Å². The maximum absolute atomic E-state index is 4.99. The molecule has 0 amide bonds. The van der Waals surface area contributed by atoms with Crippen LogP contribution in [-0.2, 0) is 5.75 Å². The first kappa shape index (κ1) is 8.40. The molecule has 0 radical (unpaired) electrons. The summed E-state index contributed by atoms with van der Waals surface area (Å²) in [6.07, 6.45) is 0. The van der Waals surface area contributed by atoms with Gasteiger partial charge in [0.15, 0.2) is 0 Å². The largest absolute Gasteiger partial charge is 0.481 e. The van der Waals surface area contributed by atoms with E-state index in [0.29, 0.717) is 5.88 Å². The van der Waals surface area contributed by atoms with Crippen LogP contribution in [0, 0.1) is 6.92 Å². The Labute approximate surface area is 72.0 Å². The van der Waals surface area contributed by atoms with Gasteiger partial charge in [-0.2, -0.15) is 12.6 Å². The molecular formula is C8H11NOS. The number of thiol groups is 1. The number of aromatic nitrogens is 1. The molecule has 0 aliphatic heterocycles. The van der Waals surface area contributed by atoms with E-state index in [-0.39, 0.29) is 0 Å². The molecule has 0 atom stereocenters. The lowest BCUT2D eigenvalue weighted by molar-refractivity contribution is 0.396. The molecule has 1 aromatic rings. The van der Waals surface area contributed by atoms with Gasteiger partial charge in [-0.3, -0.25) is 0 Å². The number of hydrogen-bond acceptors (Lipinski definition) is 3. The van der Waals surface area contributed by atoms with Crippen LogP contribution in [0.4, 0.5) is 0 Å². The molecule has 1 heterocycles. The van der Waals surface area contributed by atoms with Crippen molar-refractivity contribution in [1.29, 1.82) is 0 Å². The van der Waals surface area contributed by atoms with Gasteiger partial charge in [0.25, 0.3) is 0 Å². The fraction of sp³-hybridized carbons (Fsp3) is 0.375. The maximum Gasteiger partial charge on any atom is 0.213 e. The lowest BCUT2D eigenvalue weighted by atomic mass is 10.2. The van der Waals surface area contributed by atoms with Crippen LogP contribution in [0.25, 0.3) is 0 Å². The molecule has 0 fully saturated rings. The highest BCUT2D eigenvalue weighted by molar-refractivity contribution is 7.79. The van der Waals surface area contributed by atoms with Crippen molar-refractivity contribution in [2.75, 3.05) is 7.11 Å². The zero-order valence-electron chi connectivity index (χ0n) is 6.66. The van der Waals surface area contributed by atoms with Gasteiger partial charge in [-0.05, 0) is 18.6 Å². The topological polar surface area (TPSA) is 22.1 Å². The molecule has 0 aliphatic rings. The second-order valence-corrected chi connectivity index (χ2v) is 2.63. The van der Waals surface area contributed by atoms with Crippen molar-refractivity contribution in [3.63, 3.8) is 0 Å². The van der Waals surface area contributed by atoms with Crippen molar-refractivity contribution < 1.29 is 4.74 Å². The molecule has 0 spiro atoms. The molecule has 0 N–H and O–H groups in total. The zero-order valence-corrected chi connectivity index (χ0v) is 7.56. The van der Waals surface area contributed by atoms with Gasteiger partial charge in [-0.15, -0.1) is 0 Å². The SMILES string of the molecule is COc1cc(CS)cc(C)n1. The molecule has 0 aromatic carbocycles. The summed E-state index contributed by atoms with van der Waals surface area (Å²) in [5, 5.41) is 0. The summed E-state index contributed by atoms with van der Waals surface area (Å²) >= 11 is 4.16. The number of aryl methyl sites for hydroxylation is 1. The summed E-state index contributed by atoms with van der Waals surface area (Å²) in [6.45, 7) is 1.94. The minimum Gasteiger partial charge on any atom is -0.481 e. The van der Waals surface area contributed by atoms with Gasteiger partial charge in [0.1, 0.15) is 0 Å². The Morgan fingerprint density at radius 3 is 2.82 bits per heavy atom. The second-order valence-electron chi connectivity index (χ2n) is 2.32. The van der Waals surface area contributed by atoms with Crippen molar-refractivity contribution in [1.82, 2.24) is 4.98 Å². The summed E-state index contributed by atoms with van der Waals surface area (Å²) in [7, 11) is 1.62. The Kier molecular flexibility index (Phi) is 2.76. The third-order valence-corrected chi connectivity index (χ3v) is 1.75. The third-order valence-electron chi connectivity index (χ3n) is 1.38. The number of methoxy groups -OCH3 is 1. The minimum atomic E-state index is 0.661. The normalized spacial score (nSPS) is 9.73. The van der Waals surface area contributed by atoms with E-state index in [0.717, 1.165) is 17.0 Å². The average molecular weight is 169 g/mol. The van der Waals surface area contributed by atoms with E-state index in [2.05, 4.69) is 17.6 Å². The first-order valence-electron chi connectivity index (χ1n) is 3.38. The first-order chi connectivity index (χ1) is 5.26. The van der Waals surface area contributed by atoms with Crippen molar-refractivity contribution in [3.8, 4) is 5.88 Å². The summed E-state index contributed by atoms with van der Waals surface area (Å²) < 4.78 is 4.99. The van der Waals surface area contributed by atoms with E-state index >= 15 is 0 Å². The number of rotatable bonds is 2. The lowest BCUT2D eigenvalue weighted by Gasteiger charge is -2.02. The van der Waals surface area contributed by atoms with Crippen molar-refractivity contribution in [2.24, 2.45) is 0 Å². The Morgan fingerprint density at radius 1 is 1.55 bits per heavy atom. The molecule has 2 nitrogen and oxygen atoms in total. The molecule has 11 heavy (non-hydrogen) atoms. The molecule has 60 valence electrons. The van der Waals surface area contributed by atoms with Crippen LogP contribution >= 0.6 is 12.6 Å². The van der Waals surface area contributed by atoms with Crippen LogP contribution in [0.5, 0.6) is 5.88 Å². The number of nitrogens with zero attached hydrogens (tertiary/aromatic N) is 1. The summed E-state index contributed by atoms with van der Waals surface area (Å²) in [5.74, 6) is 1.38. The van der Waals surface area contributed by atoms with Gasteiger partial charge in [0.2, 0.25) is 5.88 Å². The fourth-order valence-electron chi connectivity index (χ4n) is 0.903. The van der Waals surface area contributed by atoms with Gasteiger partial charge in [0, 0.05) is 17.5 Å². The monoisotopic (exact) mass is 169 g/mol. The molecule has 1 rings (SSSR count). The van der Waals surface area contributed by atoms with E-state index in [4.69, 9.17) is 4.74 Å². The van der Waals surface area contributed by atoms with Gasteiger partial charge in [-0.1, -0.05) is 0 Å². The predicted molar refractivity (Wildman–Crippen MR) is 48.2 cm³/mol. The van der Waals surface area contributed by atoms with Crippen LogP contribution in [0.15, 0.2) is 12.1 Å². The molecule has 0 saturated carbocycles. The Hall–Kier alpha value is -0.700. The van der Waals surface area contributed by atoms with Gasteiger partial charge >= 0.3 is 0 Å². The summed E-state index contributed by atoms with van der Waals surface area (Å²) in [5.41, 5.74) is 2.10. The summed E-state index contributed by atoms with van der Waals surface area (Å²) in [4.78, 5) is 4.14. The second kappa shape index (κ2) is 3.62. The molecule has 0 saturated heterocycles. The number of hydrogen-bond donors (Lipinski definition) is 1. The standard InChI is InChI=1S/C8H11NOS/c1-6-3-7(5-11)4-8(9-6)10-2/h3-4,11H,5H2,1-2H3. The highest BCUT2D eigenvalue weighted by Gasteiger charge is 1.97. The molecular weight excluding hydrogens is 158 g/mol. The van der Waals surface area contributed by atoms with Crippen LogP contribution in [-0.4, -0.2) is 12.1 Å². The summed E-state index contributed by atoms with van der Waals surface area (Å²) in [6, 6.07) is 3.88. The van der Waals surface area contributed by atoms with Gasteiger partial charge in [-0.25, -0.2) is 4.98 Å². The molecule has 0 aliphatic carbocycles. The van der Waals surface area contributed by atoms with E-state index < -0.39 is 0 Å². The fourth-order valence-corrected chi connectivity index (χ4v) is 1.09. The predicted octanol–water partition coefficient (Wildman–Crippen LogP) is 1.83. The van der Waals surface area contributed by atoms with Crippen LogP contribution < -0.4 is 4.74 Å². The van der Waals surface area contributed by atoms with Gasteiger partial charge < -0.3 is 4.74 Å².